The maximum atomic E-state index is 6.96. The van der Waals surface area contributed by atoms with Gasteiger partial charge in [0.1, 0.15) is 0 Å². The lowest BCUT2D eigenvalue weighted by atomic mass is 9.79. The first kappa shape index (κ1) is 9.97. The van der Waals surface area contributed by atoms with Crippen LogP contribution in [0.25, 0.3) is 0 Å². The van der Waals surface area contributed by atoms with E-state index in [0.717, 1.165) is 0 Å². The molecule has 13 heavy (non-hydrogen) atoms. The van der Waals surface area contributed by atoms with Crippen molar-refractivity contribution in [3.63, 3.8) is 0 Å². The zero-order valence-electron chi connectivity index (χ0n) is 8.54. The van der Waals surface area contributed by atoms with Crippen LogP contribution in [0.5, 0.6) is 0 Å². The van der Waals surface area contributed by atoms with Crippen molar-refractivity contribution in [2.24, 2.45) is 11.8 Å². The predicted molar refractivity (Wildman–Crippen MR) is 58.1 cm³/mol. The third kappa shape index (κ3) is 2.18. The standard InChI is InChI=1S/C12H17N/c1-9-6-7-10(2)12(11(9)3)5-4-8-13/h4-8,11-13H,1-3H3/b5-4-,13-8?. The van der Waals surface area contributed by atoms with E-state index in [9.17, 15) is 0 Å². The number of allylic oxidation sites excluding steroid dienone is 6. The Balaban J connectivity index is 2.86. The van der Waals surface area contributed by atoms with Crippen LogP contribution in [0, 0.1) is 17.2 Å². The molecule has 70 valence electrons. The molecule has 0 spiro atoms. The molecule has 0 aliphatic heterocycles. The Kier molecular flexibility index (Phi) is 3.24. The summed E-state index contributed by atoms with van der Waals surface area (Å²) >= 11 is 0. The highest BCUT2D eigenvalue weighted by Gasteiger charge is 2.19. The van der Waals surface area contributed by atoms with Gasteiger partial charge in [0.2, 0.25) is 0 Å². The second-order valence-corrected chi connectivity index (χ2v) is 3.69. The molecule has 1 aliphatic rings. The number of rotatable bonds is 2. The molecule has 2 unspecified atom stereocenters. The minimum absolute atomic E-state index is 0.478. The maximum Gasteiger partial charge on any atom is 0.0174 e. The van der Waals surface area contributed by atoms with Crippen molar-refractivity contribution in [1.82, 2.24) is 0 Å². The highest BCUT2D eigenvalue weighted by Crippen LogP contribution is 2.31. The maximum absolute atomic E-state index is 6.96. The van der Waals surface area contributed by atoms with Crippen LogP contribution < -0.4 is 0 Å². The molecule has 0 radical (unpaired) electrons. The van der Waals surface area contributed by atoms with Crippen molar-refractivity contribution < 1.29 is 0 Å². The van der Waals surface area contributed by atoms with Crippen molar-refractivity contribution >= 4 is 6.21 Å². The van der Waals surface area contributed by atoms with Crippen LogP contribution >= 0.6 is 0 Å². The summed E-state index contributed by atoms with van der Waals surface area (Å²) in [5.74, 6) is 1.05. The summed E-state index contributed by atoms with van der Waals surface area (Å²) in [6, 6.07) is 0. The van der Waals surface area contributed by atoms with Crippen LogP contribution in [0.1, 0.15) is 20.8 Å². The second kappa shape index (κ2) is 4.22. The molecule has 0 amide bonds. The molecule has 0 saturated heterocycles. The Morgan fingerprint density at radius 3 is 2.46 bits per heavy atom. The van der Waals surface area contributed by atoms with Crippen molar-refractivity contribution in [3.8, 4) is 0 Å². The summed E-state index contributed by atoms with van der Waals surface area (Å²) < 4.78 is 0. The SMILES string of the molecule is CC1=CC=C(C)C(/C=C\C=N)C1C. The van der Waals surface area contributed by atoms with Crippen LogP contribution in [0.4, 0.5) is 0 Å². The Morgan fingerprint density at radius 1 is 1.23 bits per heavy atom. The van der Waals surface area contributed by atoms with Crippen LogP contribution in [-0.2, 0) is 0 Å². The van der Waals surface area contributed by atoms with Gasteiger partial charge in [0.25, 0.3) is 0 Å². The molecule has 0 fully saturated rings. The van der Waals surface area contributed by atoms with E-state index < -0.39 is 0 Å². The van der Waals surface area contributed by atoms with E-state index in [1.165, 1.54) is 17.4 Å². The Labute approximate surface area is 80.4 Å². The summed E-state index contributed by atoms with van der Waals surface area (Å²) in [5, 5.41) is 6.96. The third-order valence-electron chi connectivity index (χ3n) is 2.81. The highest BCUT2D eigenvalue weighted by molar-refractivity contribution is 5.67. The molecular formula is C12H17N. The third-order valence-corrected chi connectivity index (χ3v) is 2.81. The van der Waals surface area contributed by atoms with Gasteiger partial charge in [-0.25, -0.2) is 0 Å². The molecule has 0 aromatic rings. The van der Waals surface area contributed by atoms with Gasteiger partial charge in [0.15, 0.2) is 0 Å². The first-order valence-corrected chi connectivity index (χ1v) is 4.69. The second-order valence-electron chi connectivity index (χ2n) is 3.69. The van der Waals surface area contributed by atoms with Gasteiger partial charge in [-0.05, 0) is 25.8 Å². The van der Waals surface area contributed by atoms with Crippen molar-refractivity contribution in [3.05, 3.63) is 35.5 Å². The smallest absolute Gasteiger partial charge is 0.0174 e. The molecule has 0 saturated carbocycles. The predicted octanol–water partition coefficient (Wildman–Crippen LogP) is 3.35. The van der Waals surface area contributed by atoms with Crippen LogP contribution in [0.15, 0.2) is 35.5 Å². The molecule has 0 aromatic carbocycles. The van der Waals surface area contributed by atoms with Crippen LogP contribution in [-0.4, -0.2) is 6.21 Å². The summed E-state index contributed by atoms with van der Waals surface area (Å²) in [6.07, 6.45) is 9.63. The molecule has 0 aromatic heterocycles. The van der Waals surface area contributed by atoms with Gasteiger partial charge in [-0.2, -0.15) is 0 Å². The van der Waals surface area contributed by atoms with Gasteiger partial charge in [-0.3, -0.25) is 0 Å². The molecule has 1 nitrogen and oxygen atoms in total. The van der Waals surface area contributed by atoms with E-state index in [-0.39, 0.29) is 0 Å². The fourth-order valence-electron chi connectivity index (χ4n) is 1.70. The zero-order chi connectivity index (χ0) is 9.84. The normalized spacial score (nSPS) is 28.5. The van der Waals surface area contributed by atoms with E-state index in [1.807, 2.05) is 6.08 Å². The van der Waals surface area contributed by atoms with Gasteiger partial charge in [-0.15, -0.1) is 0 Å². The first-order valence-electron chi connectivity index (χ1n) is 4.69. The largest absolute Gasteiger partial charge is 0.309 e. The number of nitrogens with one attached hydrogen (secondary N) is 1. The van der Waals surface area contributed by atoms with Gasteiger partial charge >= 0.3 is 0 Å². The molecule has 0 heterocycles. The van der Waals surface area contributed by atoms with E-state index in [1.54, 1.807) is 0 Å². The fourth-order valence-corrected chi connectivity index (χ4v) is 1.70. The number of hydrogen-bond donors (Lipinski definition) is 1. The van der Waals surface area contributed by atoms with Gasteiger partial charge in [-0.1, -0.05) is 36.3 Å². The molecule has 1 N–H and O–H groups in total. The van der Waals surface area contributed by atoms with E-state index in [4.69, 9.17) is 5.41 Å². The molecular weight excluding hydrogens is 158 g/mol. The fraction of sp³-hybridized carbons (Fsp3) is 0.417. The minimum atomic E-state index is 0.478. The quantitative estimate of drug-likeness (QED) is 0.622. The first-order chi connectivity index (χ1) is 6.16. The minimum Gasteiger partial charge on any atom is -0.309 e. The van der Waals surface area contributed by atoms with Crippen molar-refractivity contribution in [2.45, 2.75) is 20.8 Å². The Hall–Kier alpha value is -1.11. The summed E-state index contributed by atoms with van der Waals surface area (Å²) in [7, 11) is 0. The van der Waals surface area contributed by atoms with E-state index in [0.29, 0.717) is 11.8 Å². The van der Waals surface area contributed by atoms with Crippen LogP contribution in [0.3, 0.4) is 0 Å². The van der Waals surface area contributed by atoms with Gasteiger partial charge in [0, 0.05) is 12.1 Å². The zero-order valence-corrected chi connectivity index (χ0v) is 8.54. The number of hydrogen-bond acceptors (Lipinski definition) is 1. The average molecular weight is 175 g/mol. The molecule has 0 bridgehead atoms. The topological polar surface area (TPSA) is 23.9 Å². The lowest BCUT2D eigenvalue weighted by Gasteiger charge is -2.25. The lowest BCUT2D eigenvalue weighted by Crippen LogP contribution is -2.14. The Bertz CT molecular complexity index is 281. The van der Waals surface area contributed by atoms with Crippen LogP contribution in [0.2, 0.25) is 0 Å². The molecule has 1 aliphatic carbocycles. The Morgan fingerprint density at radius 2 is 1.85 bits per heavy atom. The monoisotopic (exact) mass is 175 g/mol. The van der Waals surface area contributed by atoms with Gasteiger partial charge < -0.3 is 5.41 Å². The van der Waals surface area contributed by atoms with Crippen molar-refractivity contribution in [1.29, 1.82) is 5.41 Å². The average Bonchev–Trinajstić information content (AvgIpc) is 2.12. The van der Waals surface area contributed by atoms with E-state index in [2.05, 4.69) is 39.0 Å². The molecule has 1 rings (SSSR count). The van der Waals surface area contributed by atoms with Crippen molar-refractivity contribution in [2.75, 3.05) is 0 Å². The highest BCUT2D eigenvalue weighted by atomic mass is 14.3. The summed E-state index contributed by atoms with van der Waals surface area (Å²) in [6.45, 7) is 6.55. The molecule has 2 atom stereocenters. The van der Waals surface area contributed by atoms with E-state index >= 15 is 0 Å². The summed E-state index contributed by atoms with van der Waals surface area (Å²) in [5.41, 5.74) is 2.81. The molecule has 1 heteroatoms. The lowest BCUT2D eigenvalue weighted by molar-refractivity contribution is 0.544. The summed E-state index contributed by atoms with van der Waals surface area (Å²) in [4.78, 5) is 0. The van der Waals surface area contributed by atoms with Gasteiger partial charge in [0.05, 0.1) is 0 Å².